The van der Waals surface area contributed by atoms with E-state index < -0.39 is 5.41 Å². The van der Waals surface area contributed by atoms with Gasteiger partial charge in [-0.3, -0.25) is 4.90 Å². The Morgan fingerprint density at radius 2 is 1.73 bits per heavy atom. The molecule has 0 radical (unpaired) electrons. The first kappa shape index (κ1) is 14.8. The normalized spacial score (nSPS) is 12.4. The second kappa shape index (κ2) is 8.01. The van der Waals surface area contributed by atoms with Gasteiger partial charge in [0.25, 0.3) is 0 Å². The van der Waals surface area contributed by atoms with Crippen molar-refractivity contribution in [3.05, 3.63) is 0 Å². The molecule has 0 aromatic carbocycles. The van der Waals surface area contributed by atoms with Gasteiger partial charge in [0.15, 0.2) is 0 Å². The molecule has 0 heterocycles. The Balaban J connectivity index is 4.11. The molecule has 5 heteroatoms. The molecule has 0 aromatic rings. The number of hydrogen-bond donors (Lipinski definition) is 3. The largest absolute Gasteiger partial charge is 0.396 e. The number of rotatable bonds is 9. The highest BCUT2D eigenvalue weighted by molar-refractivity contribution is 4.77. The molecule has 0 aliphatic rings. The summed E-state index contributed by atoms with van der Waals surface area (Å²) >= 11 is 0. The van der Waals surface area contributed by atoms with Gasteiger partial charge in [0.1, 0.15) is 0 Å². The molecule has 0 bridgehead atoms. The SMILES string of the molecule is COCCN(CCO)CC(C)(CO)CO. The van der Waals surface area contributed by atoms with E-state index in [1.165, 1.54) is 0 Å². The molecular weight excluding hydrogens is 198 g/mol. The van der Waals surface area contributed by atoms with E-state index in [9.17, 15) is 0 Å². The van der Waals surface area contributed by atoms with E-state index in [4.69, 9.17) is 20.1 Å². The van der Waals surface area contributed by atoms with Crippen molar-refractivity contribution in [2.45, 2.75) is 6.92 Å². The highest BCUT2D eigenvalue weighted by atomic mass is 16.5. The molecule has 0 aliphatic carbocycles. The van der Waals surface area contributed by atoms with Gasteiger partial charge in [-0.25, -0.2) is 0 Å². The highest BCUT2D eigenvalue weighted by Gasteiger charge is 2.25. The van der Waals surface area contributed by atoms with Crippen LogP contribution in [0.5, 0.6) is 0 Å². The third-order valence-electron chi connectivity index (χ3n) is 2.40. The highest BCUT2D eigenvalue weighted by Crippen LogP contribution is 2.15. The Hall–Kier alpha value is -0.200. The summed E-state index contributed by atoms with van der Waals surface area (Å²) in [6.07, 6.45) is 0. The second-order valence-electron chi connectivity index (χ2n) is 4.12. The summed E-state index contributed by atoms with van der Waals surface area (Å²) in [7, 11) is 1.62. The molecule has 15 heavy (non-hydrogen) atoms. The van der Waals surface area contributed by atoms with E-state index in [0.717, 1.165) is 0 Å². The van der Waals surface area contributed by atoms with Gasteiger partial charge in [-0.2, -0.15) is 0 Å². The summed E-state index contributed by atoms with van der Waals surface area (Å²) < 4.78 is 4.95. The maximum absolute atomic E-state index is 9.15. The van der Waals surface area contributed by atoms with E-state index >= 15 is 0 Å². The van der Waals surface area contributed by atoms with Crippen LogP contribution in [0.1, 0.15) is 6.92 Å². The van der Waals surface area contributed by atoms with Crippen molar-refractivity contribution in [3.8, 4) is 0 Å². The topological polar surface area (TPSA) is 73.2 Å². The molecule has 0 amide bonds. The molecule has 0 atom stereocenters. The van der Waals surface area contributed by atoms with Crippen molar-refractivity contribution in [1.82, 2.24) is 4.90 Å². The van der Waals surface area contributed by atoms with Crippen LogP contribution in [0.25, 0.3) is 0 Å². The molecule has 0 spiro atoms. The fraction of sp³-hybridized carbons (Fsp3) is 1.00. The van der Waals surface area contributed by atoms with E-state index in [0.29, 0.717) is 26.2 Å². The fourth-order valence-corrected chi connectivity index (χ4v) is 1.32. The van der Waals surface area contributed by atoms with Gasteiger partial charge >= 0.3 is 0 Å². The van der Waals surface area contributed by atoms with Gasteiger partial charge in [-0.15, -0.1) is 0 Å². The first-order chi connectivity index (χ1) is 7.11. The standard InChI is InChI=1S/C10H23NO4/c1-10(8-13,9-14)7-11(3-5-12)4-6-15-2/h12-14H,3-9H2,1-2H3. The van der Waals surface area contributed by atoms with Crippen LogP contribution in [-0.2, 0) is 4.74 Å². The van der Waals surface area contributed by atoms with Crippen LogP contribution in [0.15, 0.2) is 0 Å². The van der Waals surface area contributed by atoms with E-state index in [1.807, 2.05) is 11.8 Å². The molecular formula is C10H23NO4. The molecule has 0 unspecified atom stereocenters. The molecule has 5 nitrogen and oxygen atoms in total. The molecule has 0 aromatic heterocycles. The predicted molar refractivity (Wildman–Crippen MR) is 57.7 cm³/mol. The lowest BCUT2D eigenvalue weighted by molar-refractivity contribution is 0.0227. The van der Waals surface area contributed by atoms with Crippen molar-refractivity contribution in [2.24, 2.45) is 5.41 Å². The van der Waals surface area contributed by atoms with Gasteiger partial charge in [0.05, 0.1) is 26.4 Å². The summed E-state index contributed by atoms with van der Waals surface area (Å²) in [5.74, 6) is 0. The van der Waals surface area contributed by atoms with Crippen LogP contribution in [0.3, 0.4) is 0 Å². The number of methoxy groups -OCH3 is 1. The van der Waals surface area contributed by atoms with Gasteiger partial charge in [0.2, 0.25) is 0 Å². The Kier molecular flexibility index (Phi) is 7.90. The van der Waals surface area contributed by atoms with Crippen molar-refractivity contribution in [3.63, 3.8) is 0 Å². The second-order valence-corrected chi connectivity index (χ2v) is 4.12. The van der Waals surface area contributed by atoms with Crippen LogP contribution in [0.4, 0.5) is 0 Å². The summed E-state index contributed by atoms with van der Waals surface area (Å²) in [5.41, 5.74) is -0.525. The minimum absolute atomic E-state index is 0.0661. The Bertz CT molecular complexity index is 150. The van der Waals surface area contributed by atoms with E-state index in [2.05, 4.69) is 0 Å². The minimum Gasteiger partial charge on any atom is -0.396 e. The molecule has 3 N–H and O–H groups in total. The van der Waals surface area contributed by atoms with Crippen molar-refractivity contribution >= 4 is 0 Å². The first-order valence-corrected chi connectivity index (χ1v) is 5.15. The van der Waals surface area contributed by atoms with Gasteiger partial charge in [-0.05, 0) is 0 Å². The molecule has 0 saturated heterocycles. The van der Waals surface area contributed by atoms with E-state index in [1.54, 1.807) is 7.11 Å². The Morgan fingerprint density at radius 3 is 2.13 bits per heavy atom. The summed E-state index contributed by atoms with van der Waals surface area (Å²) in [6.45, 7) is 4.07. The third kappa shape index (κ3) is 6.06. The van der Waals surface area contributed by atoms with E-state index in [-0.39, 0.29) is 19.8 Å². The quantitative estimate of drug-likeness (QED) is 0.462. The lowest BCUT2D eigenvalue weighted by Gasteiger charge is -2.32. The molecule has 0 aliphatic heterocycles. The van der Waals surface area contributed by atoms with Crippen LogP contribution in [0, 0.1) is 5.41 Å². The van der Waals surface area contributed by atoms with Gasteiger partial charge < -0.3 is 20.1 Å². The third-order valence-corrected chi connectivity index (χ3v) is 2.40. The maximum Gasteiger partial charge on any atom is 0.0589 e. The van der Waals surface area contributed by atoms with Crippen LogP contribution >= 0.6 is 0 Å². The van der Waals surface area contributed by atoms with Gasteiger partial charge in [-0.1, -0.05) is 6.92 Å². The Labute approximate surface area is 91.3 Å². The monoisotopic (exact) mass is 221 g/mol. The maximum atomic E-state index is 9.15. The average molecular weight is 221 g/mol. The van der Waals surface area contributed by atoms with Crippen LogP contribution < -0.4 is 0 Å². The van der Waals surface area contributed by atoms with Crippen molar-refractivity contribution in [1.29, 1.82) is 0 Å². The zero-order chi connectivity index (χ0) is 11.7. The summed E-state index contributed by atoms with van der Waals surface area (Å²) in [4.78, 5) is 1.97. The van der Waals surface area contributed by atoms with Crippen molar-refractivity contribution in [2.75, 3.05) is 53.2 Å². The number of ether oxygens (including phenoxy) is 1. The lowest BCUT2D eigenvalue weighted by atomic mass is 9.92. The molecule has 92 valence electrons. The summed E-state index contributed by atoms with van der Waals surface area (Å²) in [5, 5.41) is 27.2. The number of aliphatic hydroxyl groups is 3. The molecule has 0 rings (SSSR count). The van der Waals surface area contributed by atoms with Gasteiger partial charge in [0, 0.05) is 32.2 Å². The Morgan fingerprint density at radius 1 is 1.13 bits per heavy atom. The lowest BCUT2D eigenvalue weighted by Crippen LogP contribution is -2.43. The zero-order valence-electron chi connectivity index (χ0n) is 9.65. The number of aliphatic hydroxyl groups excluding tert-OH is 3. The van der Waals surface area contributed by atoms with Crippen LogP contribution in [0.2, 0.25) is 0 Å². The molecule has 0 fully saturated rings. The van der Waals surface area contributed by atoms with Crippen LogP contribution in [-0.4, -0.2) is 73.4 Å². The zero-order valence-corrected chi connectivity index (χ0v) is 9.65. The smallest absolute Gasteiger partial charge is 0.0589 e. The summed E-state index contributed by atoms with van der Waals surface area (Å²) in [6, 6.07) is 0. The predicted octanol–water partition coefficient (Wildman–Crippen LogP) is -1.08. The minimum atomic E-state index is -0.525. The molecule has 0 saturated carbocycles. The van der Waals surface area contributed by atoms with Crippen molar-refractivity contribution < 1.29 is 20.1 Å². The number of nitrogens with zero attached hydrogens (tertiary/aromatic N) is 1. The first-order valence-electron chi connectivity index (χ1n) is 5.15. The number of hydrogen-bond acceptors (Lipinski definition) is 5. The fourth-order valence-electron chi connectivity index (χ4n) is 1.32. The average Bonchev–Trinajstić information content (AvgIpc) is 2.26.